The number of amides is 1. The van der Waals surface area contributed by atoms with Gasteiger partial charge in [-0.15, -0.1) is 0 Å². The molecule has 1 saturated carbocycles. The van der Waals surface area contributed by atoms with Crippen LogP contribution in [-0.2, 0) is 9.84 Å². The largest absolute Gasteiger partial charge is 0.327 e. The first-order chi connectivity index (χ1) is 14.8. The topological polar surface area (TPSA) is 68.2 Å². The molecule has 0 radical (unpaired) electrons. The van der Waals surface area contributed by atoms with Crippen molar-refractivity contribution in [1.29, 1.82) is 0 Å². The van der Waals surface area contributed by atoms with Crippen molar-refractivity contribution < 1.29 is 17.6 Å². The average molecular weight is 441 g/mol. The molecule has 4 rings (SSSR count). The maximum Gasteiger partial charge on any atom is 0.259 e. The SMILES string of the molecule is Cc1c(S(=O)(=O)c2ccccc2)c(NC(=O)c2ccccc2F)n(C2CCCC2)c1C. The van der Waals surface area contributed by atoms with E-state index in [-0.39, 0.29) is 27.2 Å². The molecule has 3 aromatic rings. The van der Waals surface area contributed by atoms with Gasteiger partial charge in [0, 0.05) is 11.7 Å². The van der Waals surface area contributed by atoms with Crippen LogP contribution >= 0.6 is 0 Å². The van der Waals surface area contributed by atoms with Gasteiger partial charge >= 0.3 is 0 Å². The smallest absolute Gasteiger partial charge is 0.259 e. The fraction of sp³-hybridized carbons (Fsp3) is 0.292. The Morgan fingerprint density at radius 1 is 1.00 bits per heavy atom. The summed E-state index contributed by atoms with van der Waals surface area (Å²) in [6.45, 7) is 3.63. The molecule has 1 heterocycles. The lowest BCUT2D eigenvalue weighted by atomic mass is 10.2. The molecule has 0 aliphatic heterocycles. The number of rotatable bonds is 5. The van der Waals surface area contributed by atoms with Gasteiger partial charge < -0.3 is 9.88 Å². The van der Waals surface area contributed by atoms with Gasteiger partial charge in [-0.05, 0) is 56.5 Å². The summed E-state index contributed by atoms with van der Waals surface area (Å²) in [6.07, 6.45) is 3.90. The molecule has 1 N–H and O–H groups in total. The van der Waals surface area contributed by atoms with Crippen LogP contribution in [0.3, 0.4) is 0 Å². The van der Waals surface area contributed by atoms with E-state index < -0.39 is 21.6 Å². The fourth-order valence-corrected chi connectivity index (χ4v) is 6.11. The number of carbonyl (C=O) groups excluding carboxylic acids is 1. The van der Waals surface area contributed by atoms with Gasteiger partial charge in [0.05, 0.1) is 10.5 Å². The van der Waals surface area contributed by atoms with Gasteiger partial charge in [-0.1, -0.05) is 43.2 Å². The summed E-state index contributed by atoms with van der Waals surface area (Å²) in [4.78, 5) is 13.2. The summed E-state index contributed by atoms with van der Waals surface area (Å²) in [6, 6.07) is 13.9. The Balaban J connectivity index is 1.90. The molecule has 0 saturated heterocycles. The van der Waals surface area contributed by atoms with Crippen molar-refractivity contribution in [3.8, 4) is 0 Å². The third-order valence-corrected chi connectivity index (χ3v) is 7.99. The lowest BCUT2D eigenvalue weighted by Crippen LogP contribution is -2.20. The second-order valence-corrected chi connectivity index (χ2v) is 9.83. The van der Waals surface area contributed by atoms with Crippen LogP contribution in [0.5, 0.6) is 0 Å². The van der Waals surface area contributed by atoms with Crippen molar-refractivity contribution in [2.75, 3.05) is 5.32 Å². The van der Waals surface area contributed by atoms with Crippen LogP contribution < -0.4 is 5.32 Å². The van der Waals surface area contributed by atoms with Crippen molar-refractivity contribution in [3.63, 3.8) is 0 Å². The molecule has 1 aromatic heterocycles. The molecule has 1 amide bonds. The summed E-state index contributed by atoms with van der Waals surface area (Å²) >= 11 is 0. The quantitative estimate of drug-likeness (QED) is 0.574. The van der Waals surface area contributed by atoms with Crippen molar-refractivity contribution in [2.24, 2.45) is 0 Å². The Morgan fingerprint density at radius 3 is 2.26 bits per heavy atom. The Morgan fingerprint density at radius 2 is 1.61 bits per heavy atom. The van der Waals surface area contributed by atoms with Crippen LogP contribution in [0.1, 0.15) is 53.3 Å². The molecule has 0 bridgehead atoms. The van der Waals surface area contributed by atoms with Gasteiger partial charge in [0.25, 0.3) is 5.91 Å². The Kier molecular flexibility index (Phi) is 5.71. The Bertz CT molecular complexity index is 1230. The summed E-state index contributed by atoms with van der Waals surface area (Å²) < 4.78 is 43.4. The highest BCUT2D eigenvalue weighted by Gasteiger charge is 2.33. The second kappa shape index (κ2) is 8.30. The highest BCUT2D eigenvalue weighted by Crippen LogP contribution is 2.41. The highest BCUT2D eigenvalue weighted by molar-refractivity contribution is 7.91. The van der Waals surface area contributed by atoms with Crippen LogP contribution in [0.25, 0.3) is 0 Å². The van der Waals surface area contributed by atoms with E-state index in [9.17, 15) is 17.6 Å². The third-order valence-electron chi connectivity index (χ3n) is 6.06. The number of carbonyl (C=O) groups is 1. The minimum Gasteiger partial charge on any atom is -0.327 e. The van der Waals surface area contributed by atoms with Gasteiger partial charge in [0.2, 0.25) is 9.84 Å². The van der Waals surface area contributed by atoms with Crippen molar-refractivity contribution in [2.45, 2.75) is 55.4 Å². The molecular weight excluding hydrogens is 415 g/mol. The molecular formula is C24H25FN2O3S. The van der Waals surface area contributed by atoms with E-state index in [1.165, 1.54) is 18.2 Å². The molecule has 162 valence electrons. The zero-order valence-electron chi connectivity index (χ0n) is 17.6. The first-order valence-corrected chi connectivity index (χ1v) is 11.9. The van der Waals surface area contributed by atoms with Crippen LogP contribution in [0.2, 0.25) is 0 Å². The van der Waals surface area contributed by atoms with Crippen molar-refractivity contribution in [3.05, 3.63) is 77.2 Å². The normalized spacial score (nSPS) is 14.7. The highest BCUT2D eigenvalue weighted by atomic mass is 32.2. The van der Waals surface area contributed by atoms with Crippen molar-refractivity contribution in [1.82, 2.24) is 4.57 Å². The lowest BCUT2D eigenvalue weighted by Gasteiger charge is -2.20. The third kappa shape index (κ3) is 3.78. The molecule has 1 aliphatic rings. The number of nitrogens with zero attached hydrogens (tertiary/aromatic N) is 1. The maximum absolute atomic E-state index is 14.2. The van der Waals surface area contributed by atoms with Gasteiger partial charge in [-0.25, -0.2) is 12.8 Å². The predicted molar refractivity (Wildman–Crippen MR) is 118 cm³/mol. The molecule has 0 spiro atoms. The Hall–Kier alpha value is -2.93. The lowest BCUT2D eigenvalue weighted by molar-refractivity contribution is 0.102. The molecule has 7 heteroatoms. The molecule has 0 atom stereocenters. The summed E-state index contributed by atoms with van der Waals surface area (Å²) in [5.74, 6) is -1.10. The number of halogens is 1. The van der Waals surface area contributed by atoms with Gasteiger partial charge in [0.1, 0.15) is 16.5 Å². The number of hydrogen-bond acceptors (Lipinski definition) is 3. The van der Waals surface area contributed by atoms with Crippen LogP contribution in [-0.4, -0.2) is 18.9 Å². The predicted octanol–water partition coefficient (Wildman–Crippen LogP) is 5.44. The van der Waals surface area contributed by atoms with E-state index in [0.717, 1.165) is 31.4 Å². The first-order valence-electron chi connectivity index (χ1n) is 10.4. The van der Waals surface area contributed by atoms with E-state index in [4.69, 9.17) is 0 Å². The zero-order valence-corrected chi connectivity index (χ0v) is 18.4. The second-order valence-electron chi connectivity index (χ2n) is 7.95. The summed E-state index contributed by atoms with van der Waals surface area (Å²) in [5.41, 5.74) is 1.27. The summed E-state index contributed by atoms with van der Waals surface area (Å²) in [5, 5.41) is 2.76. The molecule has 1 fully saturated rings. The van der Waals surface area contributed by atoms with Gasteiger partial charge in [0.15, 0.2) is 0 Å². The standard InChI is InChI=1S/C24H25FN2O3S/c1-16-17(2)27(18-10-6-7-11-18)23(26-24(28)20-14-8-9-15-21(20)25)22(16)31(29,30)19-12-4-3-5-13-19/h3-5,8-9,12-15,18H,6-7,10-11H2,1-2H3,(H,26,28). The molecule has 2 aromatic carbocycles. The fourth-order valence-electron chi connectivity index (χ4n) is 4.40. The number of sulfone groups is 1. The van der Waals surface area contributed by atoms with E-state index in [1.54, 1.807) is 43.3 Å². The average Bonchev–Trinajstić information content (AvgIpc) is 3.36. The molecule has 31 heavy (non-hydrogen) atoms. The maximum atomic E-state index is 14.2. The van der Waals surface area contributed by atoms with Crippen molar-refractivity contribution >= 4 is 21.6 Å². The van der Waals surface area contributed by atoms with E-state index in [1.807, 2.05) is 11.5 Å². The molecule has 0 unspecified atom stereocenters. The number of hydrogen-bond donors (Lipinski definition) is 1. The first kappa shape index (κ1) is 21.3. The minimum absolute atomic E-state index is 0.0767. The minimum atomic E-state index is -3.90. The van der Waals surface area contributed by atoms with Gasteiger partial charge in [-0.2, -0.15) is 0 Å². The zero-order chi connectivity index (χ0) is 22.2. The van der Waals surface area contributed by atoms with Crippen LogP contribution in [0.15, 0.2) is 64.4 Å². The number of nitrogens with one attached hydrogen (secondary N) is 1. The van der Waals surface area contributed by atoms with Crippen LogP contribution in [0.4, 0.5) is 10.2 Å². The number of aromatic nitrogens is 1. The molecule has 1 aliphatic carbocycles. The van der Waals surface area contributed by atoms with E-state index in [0.29, 0.717) is 5.56 Å². The summed E-state index contributed by atoms with van der Waals surface area (Å²) in [7, 11) is -3.90. The van der Waals surface area contributed by atoms with Gasteiger partial charge in [-0.3, -0.25) is 4.79 Å². The van der Waals surface area contributed by atoms with E-state index >= 15 is 0 Å². The number of anilines is 1. The van der Waals surface area contributed by atoms with Crippen LogP contribution in [0, 0.1) is 19.7 Å². The number of benzene rings is 2. The van der Waals surface area contributed by atoms with E-state index in [2.05, 4.69) is 5.32 Å². The Labute approximate surface area is 181 Å². The molecule has 5 nitrogen and oxygen atoms in total. The monoisotopic (exact) mass is 440 g/mol.